The molecule has 0 atom stereocenters. The summed E-state index contributed by atoms with van der Waals surface area (Å²) in [6.45, 7) is 5.79. The van der Waals surface area contributed by atoms with E-state index in [0.717, 1.165) is 6.54 Å². The molecule has 0 bridgehead atoms. The highest BCUT2D eigenvalue weighted by Crippen LogP contribution is 2.28. The fourth-order valence-corrected chi connectivity index (χ4v) is 2.83. The van der Waals surface area contributed by atoms with Crippen molar-refractivity contribution in [3.05, 3.63) is 24.3 Å². The van der Waals surface area contributed by atoms with E-state index < -0.39 is 0 Å². The largest absolute Gasteiger partial charge is 0.383 e. The van der Waals surface area contributed by atoms with Crippen LogP contribution < -0.4 is 10.2 Å². The van der Waals surface area contributed by atoms with Crippen LogP contribution in [-0.2, 0) is 0 Å². The minimum absolute atomic E-state index is 1.10. The molecule has 0 spiro atoms. The van der Waals surface area contributed by atoms with Crippen molar-refractivity contribution in [2.24, 2.45) is 0 Å². The Hall–Kier alpha value is -1.18. The maximum absolute atomic E-state index is 3.53. The van der Waals surface area contributed by atoms with Gasteiger partial charge in [-0.25, -0.2) is 0 Å². The van der Waals surface area contributed by atoms with Crippen LogP contribution >= 0.6 is 0 Å². The third kappa shape index (κ3) is 4.45. The first-order chi connectivity index (χ1) is 9.42. The van der Waals surface area contributed by atoms with E-state index in [0.29, 0.717) is 0 Å². The van der Waals surface area contributed by atoms with E-state index in [4.69, 9.17) is 0 Å². The van der Waals surface area contributed by atoms with Crippen LogP contribution in [0, 0.1) is 0 Å². The number of nitrogens with one attached hydrogen (secondary N) is 1. The topological polar surface area (TPSA) is 15.3 Å². The molecule has 0 unspecified atom stereocenters. The lowest BCUT2D eigenvalue weighted by Crippen LogP contribution is -2.25. The molecule has 1 aromatic carbocycles. The van der Waals surface area contributed by atoms with E-state index in [2.05, 4.69) is 41.4 Å². The molecule has 0 fully saturated rings. The molecular weight excluding hydrogens is 232 g/mol. The highest BCUT2D eigenvalue weighted by atomic mass is 15.2. The zero-order chi connectivity index (χ0) is 13.3. The standard InChI is InChI=1S/C17H28N2/c1-2-3-4-5-6-9-14-19-15-10-13-18-16-11-7-8-12-17(16)19/h7-8,11-12,18H,2-6,9-10,13-15H2,1H3. The minimum atomic E-state index is 1.10. The van der Waals surface area contributed by atoms with Crippen LogP contribution in [0.1, 0.15) is 51.9 Å². The minimum Gasteiger partial charge on any atom is -0.383 e. The average Bonchev–Trinajstić information content (AvgIpc) is 2.65. The number of unbranched alkanes of at least 4 members (excludes halogenated alkanes) is 5. The molecule has 2 rings (SSSR count). The van der Waals surface area contributed by atoms with E-state index in [-0.39, 0.29) is 0 Å². The molecule has 1 heterocycles. The normalized spacial score (nSPS) is 14.7. The smallest absolute Gasteiger partial charge is 0.0602 e. The second-order valence-electron chi connectivity index (χ2n) is 5.55. The van der Waals surface area contributed by atoms with Gasteiger partial charge in [-0.3, -0.25) is 0 Å². The highest BCUT2D eigenvalue weighted by Gasteiger charge is 2.13. The van der Waals surface area contributed by atoms with E-state index in [1.807, 2.05) is 0 Å². The fraction of sp³-hybridized carbons (Fsp3) is 0.647. The highest BCUT2D eigenvalue weighted by molar-refractivity contribution is 5.70. The van der Waals surface area contributed by atoms with Gasteiger partial charge in [-0.2, -0.15) is 0 Å². The van der Waals surface area contributed by atoms with Crippen molar-refractivity contribution in [1.82, 2.24) is 0 Å². The van der Waals surface area contributed by atoms with E-state index in [1.54, 1.807) is 0 Å². The van der Waals surface area contributed by atoms with Crippen molar-refractivity contribution in [3.8, 4) is 0 Å². The van der Waals surface area contributed by atoms with Crippen LogP contribution in [0.25, 0.3) is 0 Å². The number of hydrogen-bond acceptors (Lipinski definition) is 2. The average molecular weight is 260 g/mol. The molecule has 1 aliphatic rings. The maximum Gasteiger partial charge on any atom is 0.0602 e. The third-order valence-corrected chi connectivity index (χ3v) is 3.95. The lowest BCUT2D eigenvalue weighted by Gasteiger charge is -2.24. The SMILES string of the molecule is CCCCCCCCN1CCCNc2ccccc21. The van der Waals surface area contributed by atoms with Gasteiger partial charge in [-0.05, 0) is 25.0 Å². The number of fused-ring (bicyclic) bond motifs is 1. The molecule has 0 amide bonds. The molecule has 0 radical (unpaired) electrons. The lowest BCUT2D eigenvalue weighted by atomic mass is 10.1. The number of para-hydroxylation sites is 2. The summed E-state index contributed by atoms with van der Waals surface area (Å²) in [6, 6.07) is 8.74. The van der Waals surface area contributed by atoms with Crippen LogP contribution in [0.4, 0.5) is 11.4 Å². The fourth-order valence-electron chi connectivity index (χ4n) is 2.83. The number of hydrogen-bond donors (Lipinski definition) is 1. The first kappa shape index (κ1) is 14.2. The molecule has 2 heteroatoms. The quantitative estimate of drug-likeness (QED) is 0.717. The third-order valence-electron chi connectivity index (χ3n) is 3.95. The maximum atomic E-state index is 3.53. The van der Waals surface area contributed by atoms with Crippen LogP contribution in [0.15, 0.2) is 24.3 Å². The van der Waals surface area contributed by atoms with Gasteiger partial charge < -0.3 is 10.2 Å². The van der Waals surface area contributed by atoms with Crippen molar-refractivity contribution >= 4 is 11.4 Å². The molecule has 1 aromatic rings. The van der Waals surface area contributed by atoms with Crippen molar-refractivity contribution in [2.45, 2.75) is 51.9 Å². The van der Waals surface area contributed by atoms with Crippen LogP contribution in [0.2, 0.25) is 0 Å². The Morgan fingerprint density at radius 1 is 1.05 bits per heavy atom. The number of rotatable bonds is 7. The molecule has 106 valence electrons. The summed E-state index contributed by atoms with van der Waals surface area (Å²) in [5.41, 5.74) is 2.71. The molecule has 2 nitrogen and oxygen atoms in total. The van der Waals surface area contributed by atoms with Crippen LogP contribution in [-0.4, -0.2) is 19.6 Å². The predicted molar refractivity (Wildman–Crippen MR) is 85.1 cm³/mol. The summed E-state index contributed by atoms with van der Waals surface area (Å²) in [4.78, 5) is 2.56. The molecule has 1 N–H and O–H groups in total. The molecular formula is C17H28N2. The Labute approximate surface area is 118 Å². The summed E-state index contributed by atoms with van der Waals surface area (Å²) in [5.74, 6) is 0. The second kappa shape index (κ2) is 8.08. The monoisotopic (exact) mass is 260 g/mol. The van der Waals surface area contributed by atoms with Gasteiger partial charge in [0.05, 0.1) is 11.4 Å². The van der Waals surface area contributed by atoms with Crippen molar-refractivity contribution < 1.29 is 0 Å². The Morgan fingerprint density at radius 3 is 2.74 bits per heavy atom. The van der Waals surface area contributed by atoms with E-state index in [9.17, 15) is 0 Å². The zero-order valence-corrected chi connectivity index (χ0v) is 12.3. The Balaban J connectivity index is 1.79. The first-order valence-corrected chi connectivity index (χ1v) is 7.99. The van der Waals surface area contributed by atoms with Gasteiger partial charge >= 0.3 is 0 Å². The van der Waals surface area contributed by atoms with E-state index >= 15 is 0 Å². The first-order valence-electron chi connectivity index (χ1n) is 7.99. The lowest BCUT2D eigenvalue weighted by molar-refractivity contribution is 0.597. The summed E-state index contributed by atoms with van der Waals surface area (Å²) in [5, 5.41) is 3.53. The van der Waals surface area contributed by atoms with Gasteiger partial charge in [0.2, 0.25) is 0 Å². The molecule has 0 saturated heterocycles. The van der Waals surface area contributed by atoms with Crippen LogP contribution in [0.3, 0.4) is 0 Å². The van der Waals surface area contributed by atoms with E-state index in [1.165, 1.54) is 69.4 Å². The van der Waals surface area contributed by atoms with Crippen molar-refractivity contribution in [2.75, 3.05) is 29.9 Å². The Kier molecular flexibility index (Phi) is 6.06. The zero-order valence-electron chi connectivity index (χ0n) is 12.3. The van der Waals surface area contributed by atoms with Gasteiger partial charge in [-0.1, -0.05) is 51.2 Å². The van der Waals surface area contributed by atoms with Gasteiger partial charge in [0, 0.05) is 19.6 Å². The van der Waals surface area contributed by atoms with Gasteiger partial charge in [0.25, 0.3) is 0 Å². The van der Waals surface area contributed by atoms with Gasteiger partial charge in [0.15, 0.2) is 0 Å². The Morgan fingerprint density at radius 2 is 1.84 bits per heavy atom. The number of nitrogens with zero attached hydrogens (tertiary/aromatic N) is 1. The van der Waals surface area contributed by atoms with Gasteiger partial charge in [0.1, 0.15) is 0 Å². The van der Waals surface area contributed by atoms with Crippen molar-refractivity contribution in [3.63, 3.8) is 0 Å². The molecule has 0 saturated carbocycles. The molecule has 0 aliphatic carbocycles. The number of anilines is 2. The van der Waals surface area contributed by atoms with Gasteiger partial charge in [-0.15, -0.1) is 0 Å². The van der Waals surface area contributed by atoms with Crippen LogP contribution in [0.5, 0.6) is 0 Å². The molecule has 1 aliphatic heterocycles. The Bertz CT molecular complexity index is 362. The summed E-state index contributed by atoms with van der Waals surface area (Å²) >= 11 is 0. The molecule has 19 heavy (non-hydrogen) atoms. The number of benzene rings is 1. The van der Waals surface area contributed by atoms with Crippen molar-refractivity contribution in [1.29, 1.82) is 0 Å². The summed E-state index contributed by atoms with van der Waals surface area (Å²) in [6.07, 6.45) is 9.51. The summed E-state index contributed by atoms with van der Waals surface area (Å²) < 4.78 is 0. The second-order valence-corrected chi connectivity index (χ2v) is 5.55. The predicted octanol–water partition coefficient (Wildman–Crippen LogP) is 4.67. The summed E-state index contributed by atoms with van der Waals surface area (Å²) in [7, 11) is 0. The molecule has 0 aromatic heterocycles.